The summed E-state index contributed by atoms with van der Waals surface area (Å²) in [4.78, 5) is 7.26. The molecule has 6 rings (SSSR count). The molecule has 0 saturated carbocycles. The standard InChI is InChI=1S/C35H38N4O4/c1-38-33-28(15-10-16-30(33)39-21-19-27(20-22-39)35(40-2)41-3)32(37-38)29-17-18-31(42-23-25-11-6-4-7-12-25)36-34(29)43-24-26-13-8-5-9-14-26/h4-18,27,35H,19-24H2,1-3H3. The number of fused-ring (bicyclic) bond motifs is 1. The van der Waals surface area contributed by atoms with Crippen LogP contribution in [0.3, 0.4) is 0 Å². The van der Waals surface area contributed by atoms with Gasteiger partial charge in [0, 0.05) is 51.7 Å². The molecule has 3 heterocycles. The van der Waals surface area contributed by atoms with E-state index in [1.54, 1.807) is 14.2 Å². The van der Waals surface area contributed by atoms with Crippen molar-refractivity contribution in [1.82, 2.24) is 14.8 Å². The molecule has 0 bridgehead atoms. The number of methoxy groups -OCH3 is 2. The number of pyridine rings is 1. The van der Waals surface area contributed by atoms with E-state index >= 15 is 0 Å². The molecule has 0 atom stereocenters. The van der Waals surface area contributed by atoms with Gasteiger partial charge in [-0.25, -0.2) is 0 Å². The van der Waals surface area contributed by atoms with E-state index in [9.17, 15) is 0 Å². The predicted molar refractivity (Wildman–Crippen MR) is 168 cm³/mol. The molecule has 3 aromatic carbocycles. The lowest BCUT2D eigenvalue weighted by molar-refractivity contribution is -0.141. The topological polar surface area (TPSA) is 70.9 Å². The van der Waals surface area contributed by atoms with Crippen molar-refractivity contribution in [2.75, 3.05) is 32.2 Å². The van der Waals surface area contributed by atoms with E-state index in [4.69, 9.17) is 29.0 Å². The summed E-state index contributed by atoms with van der Waals surface area (Å²) in [5.41, 5.74) is 6.06. The van der Waals surface area contributed by atoms with Crippen molar-refractivity contribution in [3.8, 4) is 23.0 Å². The summed E-state index contributed by atoms with van der Waals surface area (Å²) in [7, 11) is 5.43. The molecule has 1 aliphatic heterocycles. The molecule has 0 N–H and O–H groups in total. The largest absolute Gasteiger partial charge is 0.473 e. The van der Waals surface area contributed by atoms with Crippen molar-refractivity contribution in [2.24, 2.45) is 13.0 Å². The minimum absolute atomic E-state index is 0.164. The summed E-state index contributed by atoms with van der Waals surface area (Å²) in [5.74, 6) is 1.38. The molecule has 1 fully saturated rings. The average Bonchev–Trinajstić information content (AvgIpc) is 3.41. The molecule has 43 heavy (non-hydrogen) atoms. The highest BCUT2D eigenvalue weighted by Crippen LogP contribution is 2.39. The minimum atomic E-state index is -0.164. The quantitative estimate of drug-likeness (QED) is 0.163. The van der Waals surface area contributed by atoms with Crippen LogP contribution >= 0.6 is 0 Å². The number of para-hydroxylation sites is 1. The SMILES string of the molecule is COC(OC)C1CCN(c2cccc3c(-c4ccc(OCc5ccccc5)nc4OCc4ccccc4)nn(C)c23)CC1. The molecule has 1 saturated heterocycles. The van der Waals surface area contributed by atoms with Crippen LogP contribution in [0.4, 0.5) is 5.69 Å². The zero-order chi connectivity index (χ0) is 29.6. The van der Waals surface area contributed by atoms with Gasteiger partial charge in [0.1, 0.15) is 18.9 Å². The van der Waals surface area contributed by atoms with Crippen LogP contribution < -0.4 is 14.4 Å². The van der Waals surface area contributed by atoms with E-state index in [-0.39, 0.29) is 6.29 Å². The van der Waals surface area contributed by atoms with Crippen molar-refractivity contribution in [2.45, 2.75) is 32.3 Å². The maximum atomic E-state index is 6.36. The second-order valence-electron chi connectivity index (χ2n) is 10.9. The molecular weight excluding hydrogens is 540 g/mol. The Bertz CT molecular complexity index is 1630. The molecule has 8 heteroatoms. The molecule has 0 radical (unpaired) electrons. The van der Waals surface area contributed by atoms with Crippen LogP contribution in [-0.4, -0.2) is 48.4 Å². The van der Waals surface area contributed by atoms with Gasteiger partial charge in [0.25, 0.3) is 0 Å². The van der Waals surface area contributed by atoms with Gasteiger partial charge in [-0.1, -0.05) is 72.8 Å². The minimum Gasteiger partial charge on any atom is -0.473 e. The van der Waals surface area contributed by atoms with E-state index in [1.807, 2.05) is 84.5 Å². The molecule has 8 nitrogen and oxygen atoms in total. The Labute approximate surface area is 252 Å². The van der Waals surface area contributed by atoms with Gasteiger partial charge in [0.15, 0.2) is 6.29 Å². The average molecular weight is 579 g/mol. The van der Waals surface area contributed by atoms with Gasteiger partial charge < -0.3 is 23.8 Å². The first-order valence-corrected chi connectivity index (χ1v) is 14.8. The smallest absolute Gasteiger partial charge is 0.226 e. The number of rotatable bonds is 11. The number of benzene rings is 3. The van der Waals surface area contributed by atoms with Gasteiger partial charge in [-0.15, -0.1) is 0 Å². The summed E-state index contributed by atoms with van der Waals surface area (Å²) in [6.07, 6.45) is 1.83. The van der Waals surface area contributed by atoms with Crippen molar-refractivity contribution in [3.63, 3.8) is 0 Å². The van der Waals surface area contributed by atoms with Gasteiger partial charge in [0.05, 0.1) is 16.8 Å². The van der Waals surface area contributed by atoms with Crippen LogP contribution in [-0.2, 0) is 29.7 Å². The van der Waals surface area contributed by atoms with E-state index in [0.717, 1.165) is 59.2 Å². The fourth-order valence-electron chi connectivity index (χ4n) is 5.92. The van der Waals surface area contributed by atoms with Crippen LogP contribution in [0.5, 0.6) is 11.8 Å². The van der Waals surface area contributed by atoms with E-state index < -0.39 is 0 Å². The third kappa shape index (κ3) is 6.35. The molecular formula is C35H38N4O4. The monoisotopic (exact) mass is 578 g/mol. The van der Waals surface area contributed by atoms with Gasteiger partial charge in [0.2, 0.25) is 11.8 Å². The van der Waals surface area contributed by atoms with Crippen LogP contribution in [0, 0.1) is 5.92 Å². The predicted octanol–water partition coefficient (Wildman–Crippen LogP) is 6.63. The third-order valence-electron chi connectivity index (χ3n) is 8.11. The van der Waals surface area contributed by atoms with E-state index in [2.05, 4.69) is 23.1 Å². The first-order chi connectivity index (χ1) is 21.1. The Morgan fingerprint density at radius 2 is 1.42 bits per heavy atom. The second kappa shape index (κ2) is 13.3. The Kier molecular flexibility index (Phi) is 8.86. The van der Waals surface area contributed by atoms with Gasteiger partial charge in [-0.05, 0) is 36.1 Å². The van der Waals surface area contributed by atoms with Crippen molar-refractivity contribution < 1.29 is 18.9 Å². The highest BCUT2D eigenvalue weighted by atomic mass is 16.7. The fraction of sp³-hybridized carbons (Fsp3) is 0.314. The Morgan fingerprint density at radius 1 is 0.767 bits per heavy atom. The first kappa shape index (κ1) is 28.7. The van der Waals surface area contributed by atoms with Gasteiger partial charge in [-0.3, -0.25) is 4.68 Å². The molecule has 0 spiro atoms. The Balaban J connectivity index is 1.31. The van der Waals surface area contributed by atoms with E-state index in [0.29, 0.717) is 30.9 Å². The number of aryl methyl sites for hydroxylation is 1. The number of hydrogen-bond acceptors (Lipinski definition) is 7. The van der Waals surface area contributed by atoms with Crippen molar-refractivity contribution in [3.05, 3.63) is 102 Å². The number of aromatic nitrogens is 3. The zero-order valence-electron chi connectivity index (χ0n) is 25.0. The van der Waals surface area contributed by atoms with Crippen LogP contribution in [0.25, 0.3) is 22.2 Å². The number of ether oxygens (including phenoxy) is 4. The lowest BCUT2D eigenvalue weighted by atomic mass is 9.95. The van der Waals surface area contributed by atoms with Gasteiger partial charge >= 0.3 is 0 Å². The maximum absolute atomic E-state index is 6.36. The van der Waals surface area contributed by atoms with Gasteiger partial charge in [-0.2, -0.15) is 10.1 Å². The Hall–Kier alpha value is -4.40. The highest BCUT2D eigenvalue weighted by molar-refractivity contribution is 6.01. The Morgan fingerprint density at radius 3 is 2.07 bits per heavy atom. The van der Waals surface area contributed by atoms with Crippen LogP contribution in [0.15, 0.2) is 91.0 Å². The maximum Gasteiger partial charge on any atom is 0.226 e. The molecule has 5 aromatic rings. The van der Waals surface area contributed by atoms with E-state index in [1.165, 1.54) is 5.69 Å². The summed E-state index contributed by atoms with van der Waals surface area (Å²) >= 11 is 0. The molecule has 0 aliphatic carbocycles. The second-order valence-corrected chi connectivity index (χ2v) is 10.9. The number of anilines is 1. The number of nitrogens with zero attached hydrogens (tertiary/aromatic N) is 4. The lowest BCUT2D eigenvalue weighted by Crippen LogP contribution is -2.39. The molecule has 222 valence electrons. The fourth-order valence-corrected chi connectivity index (χ4v) is 5.92. The van der Waals surface area contributed by atoms with Crippen LogP contribution in [0.2, 0.25) is 0 Å². The highest BCUT2D eigenvalue weighted by Gasteiger charge is 2.28. The molecule has 0 unspecified atom stereocenters. The zero-order valence-corrected chi connectivity index (χ0v) is 25.0. The van der Waals surface area contributed by atoms with Crippen molar-refractivity contribution in [1.29, 1.82) is 0 Å². The normalized spacial score (nSPS) is 14.0. The number of hydrogen-bond donors (Lipinski definition) is 0. The number of piperidine rings is 1. The van der Waals surface area contributed by atoms with Crippen molar-refractivity contribution >= 4 is 16.6 Å². The summed E-state index contributed by atoms with van der Waals surface area (Å²) in [6, 6.07) is 30.5. The molecule has 0 amide bonds. The first-order valence-electron chi connectivity index (χ1n) is 14.8. The lowest BCUT2D eigenvalue weighted by Gasteiger charge is -2.36. The summed E-state index contributed by atoms with van der Waals surface area (Å²) in [6.45, 7) is 2.66. The molecule has 2 aromatic heterocycles. The summed E-state index contributed by atoms with van der Waals surface area (Å²) < 4.78 is 25.5. The van der Waals surface area contributed by atoms with Crippen LogP contribution in [0.1, 0.15) is 24.0 Å². The summed E-state index contributed by atoms with van der Waals surface area (Å²) in [5, 5.41) is 6.07. The molecule has 1 aliphatic rings. The third-order valence-corrected chi connectivity index (χ3v) is 8.11.